The quantitative estimate of drug-likeness (QED) is 0.583. The number of nitrogens with zero attached hydrogens (tertiary/aromatic N) is 2. The molecule has 30 heavy (non-hydrogen) atoms. The summed E-state index contributed by atoms with van der Waals surface area (Å²) in [5.41, 5.74) is 4.15. The third-order valence-corrected chi connectivity index (χ3v) is 5.95. The monoisotopic (exact) mass is 403 g/mol. The highest BCUT2D eigenvalue weighted by Crippen LogP contribution is 2.45. The third kappa shape index (κ3) is 4.33. The van der Waals surface area contributed by atoms with Crippen LogP contribution >= 0.6 is 0 Å². The zero-order valence-electron chi connectivity index (χ0n) is 18.3. The van der Waals surface area contributed by atoms with Crippen LogP contribution in [0.5, 0.6) is 5.75 Å². The van der Waals surface area contributed by atoms with E-state index in [1.165, 1.54) is 5.56 Å². The molecule has 5 heteroatoms. The van der Waals surface area contributed by atoms with Gasteiger partial charge in [0, 0.05) is 36.4 Å². The Morgan fingerprint density at radius 3 is 2.67 bits per heavy atom. The molecule has 0 saturated heterocycles. The number of rotatable bonds is 5. The Morgan fingerprint density at radius 1 is 1.33 bits per heavy atom. The molecule has 2 aromatic rings. The standard InChI is InChI=1S/C25H29N3O2/c1-17-14-25(2,3)28(4)22-13-23(30-5)19(12-21(17)22)11-20(15-26)24(29)27-16-18-9-7-6-8-10-18/h6-13,17H,14,16H2,1-5H3,(H,27,29)/b20-11+. The van der Waals surface area contributed by atoms with Gasteiger partial charge in [-0.15, -0.1) is 0 Å². The smallest absolute Gasteiger partial charge is 0.262 e. The van der Waals surface area contributed by atoms with E-state index in [4.69, 9.17) is 4.74 Å². The minimum atomic E-state index is -0.396. The molecule has 0 saturated carbocycles. The SMILES string of the molecule is COc1cc2c(cc1/C=C(\C#N)C(=O)NCc1ccccc1)C(C)CC(C)(C)N2C. The molecule has 0 radical (unpaired) electrons. The first-order valence-electron chi connectivity index (χ1n) is 10.2. The number of hydrogen-bond donors (Lipinski definition) is 1. The van der Waals surface area contributed by atoms with E-state index in [2.05, 4.69) is 38.0 Å². The minimum absolute atomic E-state index is 0.0456. The lowest BCUT2D eigenvalue weighted by atomic mass is 9.80. The van der Waals surface area contributed by atoms with Crippen LogP contribution in [0.2, 0.25) is 0 Å². The summed E-state index contributed by atoms with van der Waals surface area (Å²) in [6.45, 7) is 7.05. The van der Waals surface area contributed by atoms with Crippen molar-refractivity contribution in [2.75, 3.05) is 19.1 Å². The molecule has 3 rings (SSSR count). The number of amides is 1. The molecule has 1 aliphatic rings. The van der Waals surface area contributed by atoms with Crippen molar-refractivity contribution in [1.82, 2.24) is 5.32 Å². The van der Waals surface area contributed by atoms with Gasteiger partial charge in [0.05, 0.1) is 7.11 Å². The number of nitrogens with one attached hydrogen (secondary N) is 1. The topological polar surface area (TPSA) is 65.4 Å². The van der Waals surface area contributed by atoms with Gasteiger partial charge in [-0.25, -0.2) is 0 Å². The van der Waals surface area contributed by atoms with Gasteiger partial charge in [-0.2, -0.15) is 5.26 Å². The molecule has 1 atom stereocenters. The highest BCUT2D eigenvalue weighted by molar-refractivity contribution is 6.02. The second kappa shape index (κ2) is 8.62. The lowest BCUT2D eigenvalue weighted by molar-refractivity contribution is -0.117. The van der Waals surface area contributed by atoms with Gasteiger partial charge in [0.2, 0.25) is 0 Å². The third-order valence-electron chi connectivity index (χ3n) is 5.95. The van der Waals surface area contributed by atoms with Crippen molar-refractivity contribution < 1.29 is 9.53 Å². The Labute approximate surface area is 179 Å². The number of anilines is 1. The maximum absolute atomic E-state index is 12.6. The van der Waals surface area contributed by atoms with Crippen LogP contribution in [0.4, 0.5) is 5.69 Å². The summed E-state index contributed by atoms with van der Waals surface area (Å²) in [7, 11) is 3.70. The summed E-state index contributed by atoms with van der Waals surface area (Å²) >= 11 is 0. The number of ether oxygens (including phenoxy) is 1. The highest BCUT2D eigenvalue weighted by Gasteiger charge is 2.34. The normalized spacial score (nSPS) is 17.7. The van der Waals surface area contributed by atoms with Crippen LogP contribution < -0.4 is 15.0 Å². The Morgan fingerprint density at radius 2 is 2.03 bits per heavy atom. The molecular weight excluding hydrogens is 374 g/mol. The molecule has 0 fully saturated rings. The number of carbonyl (C=O) groups is 1. The fourth-order valence-corrected chi connectivity index (χ4v) is 4.08. The fraction of sp³-hybridized carbons (Fsp3) is 0.360. The number of carbonyl (C=O) groups excluding carboxylic acids is 1. The molecule has 1 unspecified atom stereocenters. The number of methoxy groups -OCH3 is 1. The van der Waals surface area contributed by atoms with Gasteiger partial charge in [0.15, 0.2) is 0 Å². The van der Waals surface area contributed by atoms with E-state index in [-0.39, 0.29) is 11.1 Å². The fourth-order valence-electron chi connectivity index (χ4n) is 4.08. The second-order valence-electron chi connectivity index (χ2n) is 8.47. The van der Waals surface area contributed by atoms with E-state index in [1.807, 2.05) is 48.5 Å². The Hall–Kier alpha value is -3.26. The van der Waals surface area contributed by atoms with Gasteiger partial charge < -0.3 is 15.0 Å². The number of fused-ring (bicyclic) bond motifs is 1. The average molecular weight is 404 g/mol. The molecule has 0 aromatic heterocycles. The van der Waals surface area contributed by atoms with Gasteiger partial charge in [0.25, 0.3) is 5.91 Å². The zero-order valence-corrected chi connectivity index (χ0v) is 18.3. The van der Waals surface area contributed by atoms with E-state index in [0.29, 0.717) is 18.2 Å². The molecule has 1 aliphatic heterocycles. The van der Waals surface area contributed by atoms with E-state index in [1.54, 1.807) is 13.2 Å². The first kappa shape index (κ1) is 21.4. The largest absolute Gasteiger partial charge is 0.496 e. The van der Waals surface area contributed by atoms with Crippen molar-refractivity contribution in [1.29, 1.82) is 5.26 Å². The maximum atomic E-state index is 12.6. The van der Waals surface area contributed by atoms with Crippen molar-refractivity contribution in [2.24, 2.45) is 0 Å². The second-order valence-corrected chi connectivity index (χ2v) is 8.47. The van der Waals surface area contributed by atoms with Crippen molar-refractivity contribution in [3.63, 3.8) is 0 Å². The molecule has 156 valence electrons. The molecule has 1 amide bonds. The predicted octanol–water partition coefficient (Wildman–Crippen LogP) is 4.64. The average Bonchev–Trinajstić information content (AvgIpc) is 2.74. The summed E-state index contributed by atoms with van der Waals surface area (Å²) < 4.78 is 5.61. The molecule has 0 aliphatic carbocycles. The van der Waals surface area contributed by atoms with E-state index < -0.39 is 5.91 Å². The van der Waals surface area contributed by atoms with Gasteiger partial charge in [0.1, 0.15) is 17.4 Å². The summed E-state index contributed by atoms with van der Waals surface area (Å²) in [6, 6.07) is 15.7. The highest BCUT2D eigenvalue weighted by atomic mass is 16.5. The van der Waals surface area contributed by atoms with Gasteiger partial charge in [-0.1, -0.05) is 37.3 Å². The van der Waals surface area contributed by atoms with Crippen molar-refractivity contribution in [3.05, 3.63) is 64.7 Å². The Bertz CT molecular complexity index is 1000. The van der Waals surface area contributed by atoms with Crippen LogP contribution in [-0.2, 0) is 11.3 Å². The van der Waals surface area contributed by atoms with Gasteiger partial charge in [-0.3, -0.25) is 4.79 Å². The zero-order chi connectivity index (χ0) is 21.9. The first-order chi connectivity index (χ1) is 14.3. The van der Waals surface area contributed by atoms with Crippen LogP contribution in [0.1, 0.15) is 49.8 Å². The van der Waals surface area contributed by atoms with Crippen molar-refractivity contribution in [2.45, 2.75) is 45.2 Å². The lowest BCUT2D eigenvalue weighted by Crippen LogP contribution is -2.45. The maximum Gasteiger partial charge on any atom is 0.262 e. The first-order valence-corrected chi connectivity index (χ1v) is 10.2. The number of hydrogen-bond acceptors (Lipinski definition) is 4. The van der Waals surface area contributed by atoms with E-state index in [0.717, 1.165) is 23.2 Å². The molecule has 2 aromatic carbocycles. The van der Waals surface area contributed by atoms with E-state index >= 15 is 0 Å². The van der Waals surface area contributed by atoms with Crippen LogP contribution in [0.25, 0.3) is 6.08 Å². The van der Waals surface area contributed by atoms with Crippen LogP contribution in [-0.4, -0.2) is 25.6 Å². The summed E-state index contributed by atoms with van der Waals surface area (Å²) in [4.78, 5) is 14.9. The number of nitriles is 1. The van der Waals surface area contributed by atoms with Gasteiger partial charge in [-0.05, 0) is 49.5 Å². The Kier molecular flexibility index (Phi) is 6.17. The van der Waals surface area contributed by atoms with Crippen LogP contribution in [0, 0.1) is 11.3 Å². The molecule has 5 nitrogen and oxygen atoms in total. The Balaban J connectivity index is 1.92. The van der Waals surface area contributed by atoms with Crippen LogP contribution in [0.3, 0.4) is 0 Å². The summed E-state index contributed by atoms with van der Waals surface area (Å²) in [5.74, 6) is 0.614. The molecule has 1 N–H and O–H groups in total. The van der Waals surface area contributed by atoms with Crippen molar-refractivity contribution >= 4 is 17.7 Å². The van der Waals surface area contributed by atoms with Gasteiger partial charge >= 0.3 is 0 Å². The molecular formula is C25H29N3O2. The molecule has 1 heterocycles. The summed E-state index contributed by atoms with van der Waals surface area (Å²) in [6.07, 6.45) is 2.64. The van der Waals surface area contributed by atoms with E-state index in [9.17, 15) is 10.1 Å². The lowest BCUT2D eigenvalue weighted by Gasteiger charge is -2.45. The molecule has 0 spiro atoms. The molecule has 0 bridgehead atoms. The predicted molar refractivity (Wildman–Crippen MR) is 120 cm³/mol. The summed E-state index contributed by atoms with van der Waals surface area (Å²) in [5, 5.41) is 12.4. The van der Waals surface area contributed by atoms with Crippen molar-refractivity contribution in [3.8, 4) is 11.8 Å². The number of benzene rings is 2. The minimum Gasteiger partial charge on any atom is -0.496 e. The van der Waals surface area contributed by atoms with Crippen LogP contribution in [0.15, 0.2) is 48.0 Å².